The van der Waals surface area contributed by atoms with Gasteiger partial charge in [0.2, 0.25) is 0 Å². The zero-order valence-electron chi connectivity index (χ0n) is 14.1. The van der Waals surface area contributed by atoms with E-state index < -0.39 is 17.7 Å². The van der Waals surface area contributed by atoms with Crippen molar-refractivity contribution in [3.05, 3.63) is 35.4 Å². The first-order valence-electron chi connectivity index (χ1n) is 8.30. The Hall–Kier alpha value is -1.73. The predicted molar refractivity (Wildman–Crippen MR) is 87.6 cm³/mol. The van der Waals surface area contributed by atoms with E-state index in [4.69, 9.17) is 0 Å². The summed E-state index contributed by atoms with van der Waals surface area (Å²) in [6.07, 6.45) is 1.46. The van der Waals surface area contributed by atoms with E-state index in [1.165, 1.54) is 6.07 Å². The highest BCUT2D eigenvalue weighted by molar-refractivity contribution is 5.74. The van der Waals surface area contributed by atoms with Gasteiger partial charge in [0.15, 0.2) is 11.6 Å². The van der Waals surface area contributed by atoms with Gasteiger partial charge in [0.1, 0.15) is 0 Å². The van der Waals surface area contributed by atoms with Crippen LogP contribution >= 0.6 is 0 Å². The number of halogens is 2. The van der Waals surface area contributed by atoms with E-state index in [1.54, 1.807) is 6.07 Å². The Morgan fingerprint density at radius 3 is 2.83 bits per heavy atom. The molecule has 3 N–H and O–H groups in total. The average Bonchev–Trinajstić information content (AvgIpc) is 2.90. The van der Waals surface area contributed by atoms with Gasteiger partial charge in [0, 0.05) is 13.1 Å². The molecule has 1 aromatic rings. The van der Waals surface area contributed by atoms with E-state index in [-0.39, 0.29) is 18.1 Å². The molecule has 0 aliphatic carbocycles. The molecule has 0 bridgehead atoms. The molecule has 134 valence electrons. The van der Waals surface area contributed by atoms with Crippen molar-refractivity contribution in [3.63, 3.8) is 0 Å². The van der Waals surface area contributed by atoms with Crippen LogP contribution in [0.15, 0.2) is 18.2 Å². The van der Waals surface area contributed by atoms with E-state index >= 15 is 0 Å². The summed E-state index contributed by atoms with van der Waals surface area (Å²) in [4.78, 5) is 14.0. The molecule has 2 amide bonds. The molecule has 1 heterocycles. The molecule has 0 spiro atoms. The SMILES string of the molecule is CC[C@H](O)CCNC(=O)N[C@@H]1CCN(C)[C@H]1c1ccc(F)c(F)c1. The minimum atomic E-state index is -0.885. The quantitative estimate of drug-likeness (QED) is 0.743. The molecule has 7 heteroatoms. The number of carbonyl (C=O) groups excluding carboxylic acids is 1. The van der Waals surface area contributed by atoms with Crippen LogP contribution in [-0.2, 0) is 0 Å². The molecule has 0 saturated carbocycles. The number of aliphatic hydroxyl groups is 1. The molecule has 1 aromatic carbocycles. The normalized spacial score (nSPS) is 22.4. The van der Waals surface area contributed by atoms with Crippen molar-refractivity contribution in [1.29, 1.82) is 0 Å². The number of nitrogens with zero attached hydrogens (tertiary/aromatic N) is 1. The van der Waals surface area contributed by atoms with Gasteiger partial charge in [-0.25, -0.2) is 13.6 Å². The first-order valence-corrected chi connectivity index (χ1v) is 8.30. The monoisotopic (exact) mass is 341 g/mol. The third-order valence-electron chi connectivity index (χ3n) is 4.48. The highest BCUT2D eigenvalue weighted by Crippen LogP contribution is 2.31. The zero-order chi connectivity index (χ0) is 17.7. The second-order valence-corrected chi connectivity index (χ2v) is 6.25. The van der Waals surface area contributed by atoms with Crippen molar-refractivity contribution >= 4 is 6.03 Å². The lowest BCUT2D eigenvalue weighted by Gasteiger charge is -2.26. The predicted octanol–water partition coefficient (Wildman–Crippen LogP) is 2.17. The number of likely N-dealkylation sites (tertiary alicyclic amines) is 1. The first kappa shape index (κ1) is 18.6. The number of likely N-dealkylation sites (N-methyl/N-ethyl adjacent to an activating group) is 1. The first-order chi connectivity index (χ1) is 11.4. The molecule has 0 radical (unpaired) electrons. The van der Waals surface area contributed by atoms with Crippen molar-refractivity contribution < 1.29 is 18.7 Å². The van der Waals surface area contributed by atoms with Gasteiger partial charge in [-0.1, -0.05) is 13.0 Å². The van der Waals surface area contributed by atoms with Crippen LogP contribution in [-0.4, -0.2) is 48.3 Å². The average molecular weight is 341 g/mol. The van der Waals surface area contributed by atoms with E-state index in [2.05, 4.69) is 10.6 Å². The summed E-state index contributed by atoms with van der Waals surface area (Å²) in [5.74, 6) is -1.76. The molecule has 2 rings (SSSR count). The van der Waals surface area contributed by atoms with Gasteiger partial charge >= 0.3 is 6.03 Å². The fraction of sp³-hybridized carbons (Fsp3) is 0.588. The lowest BCUT2D eigenvalue weighted by atomic mass is 10.00. The molecular formula is C17H25F2N3O2. The number of amides is 2. The number of aliphatic hydroxyl groups excluding tert-OH is 1. The van der Waals surface area contributed by atoms with Gasteiger partial charge in [-0.05, 0) is 44.0 Å². The van der Waals surface area contributed by atoms with Gasteiger partial charge in [0.25, 0.3) is 0 Å². The number of rotatable bonds is 6. The summed E-state index contributed by atoms with van der Waals surface area (Å²) in [6.45, 7) is 3.02. The molecule has 5 nitrogen and oxygen atoms in total. The second kappa shape index (κ2) is 8.39. The molecule has 1 saturated heterocycles. The lowest BCUT2D eigenvalue weighted by molar-refractivity contribution is 0.159. The van der Waals surface area contributed by atoms with Gasteiger partial charge in [-0.3, -0.25) is 4.90 Å². The van der Waals surface area contributed by atoms with Crippen molar-refractivity contribution in [3.8, 4) is 0 Å². The number of nitrogens with one attached hydrogen (secondary N) is 2. The maximum Gasteiger partial charge on any atom is 0.315 e. The summed E-state index contributed by atoms with van der Waals surface area (Å²) >= 11 is 0. The Balaban J connectivity index is 1.96. The fourth-order valence-corrected chi connectivity index (χ4v) is 3.06. The van der Waals surface area contributed by atoms with Crippen LogP contribution in [0.5, 0.6) is 0 Å². The summed E-state index contributed by atoms with van der Waals surface area (Å²) in [6, 6.07) is 3.15. The Morgan fingerprint density at radius 2 is 2.17 bits per heavy atom. The highest BCUT2D eigenvalue weighted by atomic mass is 19.2. The minimum Gasteiger partial charge on any atom is -0.393 e. The smallest absolute Gasteiger partial charge is 0.315 e. The second-order valence-electron chi connectivity index (χ2n) is 6.25. The van der Waals surface area contributed by atoms with E-state index in [9.17, 15) is 18.7 Å². The Kier molecular flexibility index (Phi) is 6.51. The molecule has 0 aromatic heterocycles. The minimum absolute atomic E-state index is 0.184. The Labute approximate surface area is 141 Å². The van der Waals surface area contributed by atoms with Crippen LogP contribution in [0.3, 0.4) is 0 Å². The van der Waals surface area contributed by atoms with Crippen LogP contribution in [0, 0.1) is 11.6 Å². The third-order valence-corrected chi connectivity index (χ3v) is 4.48. The number of hydrogen-bond donors (Lipinski definition) is 3. The molecule has 1 aliphatic rings. The highest BCUT2D eigenvalue weighted by Gasteiger charge is 2.34. The number of benzene rings is 1. The maximum absolute atomic E-state index is 13.5. The van der Waals surface area contributed by atoms with Crippen molar-refractivity contribution in [1.82, 2.24) is 15.5 Å². The third kappa shape index (κ3) is 4.64. The molecule has 1 aliphatic heterocycles. The summed E-state index contributed by atoms with van der Waals surface area (Å²) in [5, 5.41) is 15.1. The molecule has 24 heavy (non-hydrogen) atoms. The largest absolute Gasteiger partial charge is 0.393 e. The standard InChI is InChI=1S/C17H25F2N3O2/c1-3-12(23)6-8-20-17(24)21-15-7-9-22(2)16(15)11-4-5-13(18)14(19)10-11/h4-5,10,12,15-16,23H,3,6-9H2,1-2H3,(H2,20,21,24)/t12-,15+,16-/m0/s1. The molecule has 0 unspecified atom stereocenters. The van der Waals surface area contributed by atoms with E-state index in [0.29, 0.717) is 24.9 Å². The van der Waals surface area contributed by atoms with Crippen molar-refractivity contribution in [2.24, 2.45) is 0 Å². The van der Waals surface area contributed by atoms with Gasteiger partial charge in [0.05, 0.1) is 18.2 Å². The maximum atomic E-state index is 13.5. The zero-order valence-corrected chi connectivity index (χ0v) is 14.1. The van der Waals surface area contributed by atoms with Crippen LogP contribution < -0.4 is 10.6 Å². The number of hydrogen-bond acceptors (Lipinski definition) is 3. The van der Waals surface area contributed by atoms with Crippen molar-refractivity contribution in [2.75, 3.05) is 20.1 Å². The molecule has 1 fully saturated rings. The van der Waals surface area contributed by atoms with Crippen LogP contribution in [0.2, 0.25) is 0 Å². The topological polar surface area (TPSA) is 64.6 Å². The van der Waals surface area contributed by atoms with Gasteiger partial charge in [-0.2, -0.15) is 0 Å². The van der Waals surface area contributed by atoms with Gasteiger partial charge < -0.3 is 15.7 Å². The molecular weight excluding hydrogens is 316 g/mol. The fourth-order valence-electron chi connectivity index (χ4n) is 3.06. The van der Waals surface area contributed by atoms with Crippen molar-refractivity contribution in [2.45, 2.75) is 44.4 Å². The number of carbonyl (C=O) groups is 1. The van der Waals surface area contributed by atoms with Crippen LogP contribution in [0.1, 0.15) is 37.8 Å². The Morgan fingerprint density at radius 1 is 1.42 bits per heavy atom. The number of urea groups is 1. The van der Waals surface area contributed by atoms with Crippen LogP contribution in [0.4, 0.5) is 13.6 Å². The Bertz CT molecular complexity index is 571. The van der Waals surface area contributed by atoms with Crippen LogP contribution in [0.25, 0.3) is 0 Å². The summed E-state index contributed by atoms with van der Waals surface area (Å²) in [5.41, 5.74) is 0.639. The van der Waals surface area contributed by atoms with E-state index in [0.717, 1.165) is 19.0 Å². The lowest BCUT2D eigenvalue weighted by Crippen LogP contribution is -2.45. The summed E-state index contributed by atoms with van der Waals surface area (Å²) in [7, 11) is 1.89. The summed E-state index contributed by atoms with van der Waals surface area (Å²) < 4.78 is 26.6. The van der Waals surface area contributed by atoms with E-state index in [1.807, 2.05) is 18.9 Å². The van der Waals surface area contributed by atoms with Gasteiger partial charge in [-0.15, -0.1) is 0 Å². The molecule has 3 atom stereocenters.